The lowest BCUT2D eigenvalue weighted by Crippen LogP contribution is -2.13. The summed E-state index contributed by atoms with van der Waals surface area (Å²) in [6.07, 6.45) is 1.44. The molecule has 2 aromatic rings. The first-order chi connectivity index (χ1) is 8.25. The van der Waals surface area contributed by atoms with E-state index in [4.69, 9.17) is 16.7 Å². The minimum atomic E-state index is 0.180. The molecule has 0 saturated carbocycles. The lowest BCUT2D eigenvalue weighted by Gasteiger charge is -2.06. The van der Waals surface area contributed by atoms with Gasteiger partial charge >= 0.3 is 0 Å². The zero-order chi connectivity index (χ0) is 12.1. The lowest BCUT2D eigenvalue weighted by molar-refractivity contribution is 0.471. The molecule has 0 radical (unpaired) electrons. The van der Waals surface area contributed by atoms with E-state index in [0.29, 0.717) is 13.1 Å². The number of aromatic nitrogens is 1. The SMILES string of the molecule is Oc1ccc(CNCc2ccccc2Cl)nc1. The molecule has 3 nitrogen and oxygen atoms in total. The lowest BCUT2D eigenvalue weighted by atomic mass is 10.2. The second kappa shape index (κ2) is 5.66. The molecule has 88 valence electrons. The Hall–Kier alpha value is -1.58. The molecule has 17 heavy (non-hydrogen) atoms. The van der Waals surface area contributed by atoms with Gasteiger partial charge < -0.3 is 10.4 Å². The first-order valence-electron chi connectivity index (χ1n) is 5.34. The average Bonchev–Trinajstić information content (AvgIpc) is 2.34. The van der Waals surface area contributed by atoms with Gasteiger partial charge in [-0.3, -0.25) is 4.98 Å². The van der Waals surface area contributed by atoms with E-state index in [1.54, 1.807) is 12.1 Å². The molecular weight excluding hydrogens is 236 g/mol. The Morgan fingerprint density at radius 1 is 1.12 bits per heavy atom. The number of hydrogen-bond donors (Lipinski definition) is 2. The molecule has 0 amide bonds. The molecule has 0 spiro atoms. The smallest absolute Gasteiger partial charge is 0.133 e. The van der Waals surface area contributed by atoms with E-state index < -0.39 is 0 Å². The van der Waals surface area contributed by atoms with Gasteiger partial charge in [-0.1, -0.05) is 29.8 Å². The summed E-state index contributed by atoms with van der Waals surface area (Å²) in [5, 5.41) is 13.1. The second-order valence-corrected chi connectivity index (χ2v) is 4.11. The Bertz CT molecular complexity index is 485. The van der Waals surface area contributed by atoms with Gasteiger partial charge in [0, 0.05) is 18.1 Å². The first-order valence-corrected chi connectivity index (χ1v) is 5.71. The van der Waals surface area contributed by atoms with Crippen LogP contribution in [0.3, 0.4) is 0 Å². The molecule has 0 aliphatic carbocycles. The van der Waals surface area contributed by atoms with Crippen molar-refractivity contribution in [2.45, 2.75) is 13.1 Å². The Morgan fingerprint density at radius 3 is 2.65 bits per heavy atom. The van der Waals surface area contributed by atoms with Crippen molar-refractivity contribution in [2.75, 3.05) is 0 Å². The van der Waals surface area contributed by atoms with Crippen molar-refractivity contribution in [3.05, 3.63) is 58.9 Å². The second-order valence-electron chi connectivity index (χ2n) is 3.70. The van der Waals surface area contributed by atoms with Crippen molar-refractivity contribution in [3.63, 3.8) is 0 Å². The van der Waals surface area contributed by atoms with E-state index in [1.807, 2.05) is 24.3 Å². The molecular formula is C13H13ClN2O. The molecule has 0 bridgehead atoms. The zero-order valence-electron chi connectivity index (χ0n) is 9.23. The topological polar surface area (TPSA) is 45.1 Å². The maximum atomic E-state index is 9.10. The predicted molar refractivity (Wildman–Crippen MR) is 67.9 cm³/mol. The molecule has 1 heterocycles. The highest BCUT2D eigenvalue weighted by atomic mass is 35.5. The van der Waals surface area contributed by atoms with Gasteiger partial charge in [-0.05, 0) is 23.8 Å². The molecule has 0 aliphatic rings. The van der Waals surface area contributed by atoms with Gasteiger partial charge in [-0.25, -0.2) is 0 Å². The summed E-state index contributed by atoms with van der Waals surface area (Å²) in [5.74, 6) is 0.180. The highest BCUT2D eigenvalue weighted by molar-refractivity contribution is 6.31. The van der Waals surface area contributed by atoms with Crippen LogP contribution in [0.1, 0.15) is 11.3 Å². The maximum Gasteiger partial charge on any atom is 0.133 e. The van der Waals surface area contributed by atoms with Crippen molar-refractivity contribution in [3.8, 4) is 5.75 Å². The number of halogens is 1. The summed E-state index contributed by atoms with van der Waals surface area (Å²) < 4.78 is 0. The number of nitrogens with one attached hydrogen (secondary N) is 1. The molecule has 0 saturated heterocycles. The molecule has 0 atom stereocenters. The number of benzene rings is 1. The third kappa shape index (κ3) is 3.44. The van der Waals surface area contributed by atoms with Gasteiger partial charge in [0.15, 0.2) is 0 Å². The van der Waals surface area contributed by atoms with Crippen LogP contribution >= 0.6 is 11.6 Å². The van der Waals surface area contributed by atoms with Crippen LogP contribution in [0.25, 0.3) is 0 Å². The van der Waals surface area contributed by atoms with Crippen LogP contribution in [-0.2, 0) is 13.1 Å². The van der Waals surface area contributed by atoms with E-state index in [2.05, 4.69) is 10.3 Å². The third-order valence-corrected chi connectivity index (χ3v) is 2.76. The highest BCUT2D eigenvalue weighted by Crippen LogP contribution is 2.14. The van der Waals surface area contributed by atoms with E-state index in [9.17, 15) is 0 Å². The fourth-order valence-corrected chi connectivity index (χ4v) is 1.69. The Balaban J connectivity index is 1.88. The number of pyridine rings is 1. The molecule has 1 aromatic heterocycles. The maximum absolute atomic E-state index is 9.10. The number of nitrogens with zero attached hydrogens (tertiary/aromatic N) is 1. The van der Waals surface area contributed by atoms with Crippen LogP contribution in [0.4, 0.5) is 0 Å². The number of rotatable bonds is 4. The van der Waals surface area contributed by atoms with Gasteiger partial charge in [0.1, 0.15) is 5.75 Å². The van der Waals surface area contributed by atoms with Gasteiger partial charge in [0.25, 0.3) is 0 Å². The molecule has 2 N–H and O–H groups in total. The Kier molecular flexibility index (Phi) is 3.96. The summed E-state index contributed by atoms with van der Waals surface area (Å²) in [5.41, 5.74) is 1.95. The Labute approximate surface area is 105 Å². The fraction of sp³-hybridized carbons (Fsp3) is 0.154. The van der Waals surface area contributed by atoms with E-state index in [-0.39, 0.29) is 5.75 Å². The first kappa shape index (κ1) is 11.9. The quantitative estimate of drug-likeness (QED) is 0.875. The molecule has 0 fully saturated rings. The van der Waals surface area contributed by atoms with Crippen molar-refractivity contribution < 1.29 is 5.11 Å². The van der Waals surface area contributed by atoms with Crippen LogP contribution in [-0.4, -0.2) is 10.1 Å². The van der Waals surface area contributed by atoms with Crippen molar-refractivity contribution in [2.24, 2.45) is 0 Å². The van der Waals surface area contributed by atoms with Crippen LogP contribution in [0.5, 0.6) is 5.75 Å². The summed E-state index contributed by atoms with van der Waals surface area (Å²) in [6, 6.07) is 11.1. The van der Waals surface area contributed by atoms with Gasteiger partial charge in [0.05, 0.1) is 11.9 Å². The van der Waals surface area contributed by atoms with Gasteiger partial charge in [0.2, 0.25) is 0 Å². The summed E-state index contributed by atoms with van der Waals surface area (Å²) in [7, 11) is 0. The normalized spacial score (nSPS) is 10.4. The van der Waals surface area contributed by atoms with E-state index in [0.717, 1.165) is 16.3 Å². The van der Waals surface area contributed by atoms with Gasteiger partial charge in [-0.15, -0.1) is 0 Å². The summed E-state index contributed by atoms with van der Waals surface area (Å²) in [4.78, 5) is 4.09. The van der Waals surface area contributed by atoms with Crippen LogP contribution < -0.4 is 5.32 Å². The number of hydrogen-bond acceptors (Lipinski definition) is 3. The number of aromatic hydroxyl groups is 1. The molecule has 4 heteroatoms. The Morgan fingerprint density at radius 2 is 1.94 bits per heavy atom. The van der Waals surface area contributed by atoms with Crippen LogP contribution in [0.2, 0.25) is 5.02 Å². The van der Waals surface area contributed by atoms with Crippen molar-refractivity contribution >= 4 is 11.6 Å². The van der Waals surface area contributed by atoms with E-state index in [1.165, 1.54) is 6.20 Å². The molecule has 2 rings (SSSR count). The van der Waals surface area contributed by atoms with Crippen molar-refractivity contribution in [1.29, 1.82) is 0 Å². The standard InChI is InChI=1S/C13H13ClN2O/c14-13-4-2-1-3-10(13)7-15-8-11-5-6-12(17)9-16-11/h1-6,9,15,17H,7-8H2. The highest BCUT2D eigenvalue weighted by Gasteiger charge is 1.99. The summed E-state index contributed by atoms with van der Waals surface area (Å²) >= 11 is 6.04. The summed E-state index contributed by atoms with van der Waals surface area (Å²) in [6.45, 7) is 1.34. The van der Waals surface area contributed by atoms with Crippen molar-refractivity contribution in [1.82, 2.24) is 10.3 Å². The largest absolute Gasteiger partial charge is 0.506 e. The minimum Gasteiger partial charge on any atom is -0.506 e. The fourth-order valence-electron chi connectivity index (χ4n) is 1.49. The third-order valence-electron chi connectivity index (χ3n) is 2.39. The predicted octanol–water partition coefficient (Wildman–Crippen LogP) is 2.73. The average molecular weight is 249 g/mol. The van der Waals surface area contributed by atoms with Crippen LogP contribution in [0.15, 0.2) is 42.6 Å². The molecule has 0 aliphatic heterocycles. The monoisotopic (exact) mass is 248 g/mol. The zero-order valence-corrected chi connectivity index (χ0v) is 9.98. The molecule has 1 aromatic carbocycles. The van der Waals surface area contributed by atoms with Crippen LogP contribution in [0, 0.1) is 0 Å². The van der Waals surface area contributed by atoms with E-state index >= 15 is 0 Å². The van der Waals surface area contributed by atoms with Gasteiger partial charge in [-0.2, -0.15) is 0 Å². The minimum absolute atomic E-state index is 0.180. The molecule has 0 unspecified atom stereocenters.